The van der Waals surface area contributed by atoms with E-state index in [1.54, 1.807) is 0 Å². The molecule has 0 aliphatic heterocycles. The van der Waals surface area contributed by atoms with Gasteiger partial charge >= 0.3 is 12.4 Å². The molecule has 0 saturated heterocycles. The monoisotopic (exact) mass is 676 g/mol. The van der Waals surface area contributed by atoms with E-state index in [9.17, 15) is 26.3 Å². The fraction of sp³-hybridized carbons (Fsp3) is 0.132. The molecule has 0 aliphatic carbocycles. The predicted octanol–water partition coefficient (Wildman–Crippen LogP) is 9.40. The van der Waals surface area contributed by atoms with Gasteiger partial charge in [-0.05, 0) is 77.3 Å². The molecule has 0 N–H and O–H groups in total. The fourth-order valence-electron chi connectivity index (χ4n) is 5.84. The Kier molecular flexibility index (Phi) is 9.36. The summed E-state index contributed by atoms with van der Waals surface area (Å²) in [5.41, 5.74) is -0.496. The van der Waals surface area contributed by atoms with Gasteiger partial charge in [0.2, 0.25) is 0 Å². The maximum Gasteiger partial charge on any atom is 0.416 e. The van der Waals surface area contributed by atoms with Gasteiger partial charge in [-0.3, -0.25) is 4.67 Å². The largest absolute Gasteiger partial charge is 0.416 e. The Hall–Kier alpha value is -3.89. The molecule has 0 saturated carbocycles. The van der Waals surface area contributed by atoms with Crippen molar-refractivity contribution in [1.29, 1.82) is 0 Å². The van der Waals surface area contributed by atoms with Crippen LogP contribution in [0.3, 0.4) is 0 Å². The summed E-state index contributed by atoms with van der Waals surface area (Å²) in [6.45, 7) is 2.05. The number of nitrogens with zero attached hydrogens (tertiary/aromatic N) is 1. The summed E-state index contributed by atoms with van der Waals surface area (Å²) in [7, 11) is -0.640. The molecule has 0 aromatic heterocycles. The van der Waals surface area contributed by atoms with Crippen molar-refractivity contribution in [2.75, 3.05) is 7.05 Å². The molecular formula is C38H30F6NP2-. The molecule has 0 bridgehead atoms. The molecule has 2 atom stereocenters. The molecular weight excluding hydrogens is 646 g/mol. The number of halogens is 6. The van der Waals surface area contributed by atoms with Crippen LogP contribution in [-0.4, -0.2) is 11.7 Å². The minimum absolute atomic E-state index is 0.237. The first kappa shape index (κ1) is 33.0. The lowest BCUT2D eigenvalue weighted by Gasteiger charge is -2.38. The van der Waals surface area contributed by atoms with E-state index in [0.717, 1.165) is 45.9 Å². The van der Waals surface area contributed by atoms with Gasteiger partial charge in [-0.2, -0.15) is 44.0 Å². The smallest absolute Gasteiger partial charge is 0.283 e. The Morgan fingerprint density at radius 3 is 1.70 bits per heavy atom. The first-order chi connectivity index (χ1) is 22.4. The second-order valence-electron chi connectivity index (χ2n) is 11.2. The number of rotatable bonds is 8. The van der Waals surface area contributed by atoms with Crippen LogP contribution in [0.2, 0.25) is 0 Å². The van der Waals surface area contributed by atoms with Crippen molar-refractivity contribution in [1.82, 2.24) is 4.67 Å². The number of fused-ring (bicyclic) bond motifs is 1. The highest BCUT2D eigenvalue weighted by Gasteiger charge is 2.33. The molecule has 6 rings (SSSR count). The zero-order valence-electron chi connectivity index (χ0n) is 25.5. The van der Waals surface area contributed by atoms with Crippen molar-refractivity contribution >= 4 is 53.3 Å². The van der Waals surface area contributed by atoms with Gasteiger partial charge < -0.3 is 0 Å². The topological polar surface area (TPSA) is 3.24 Å². The third kappa shape index (κ3) is 6.90. The summed E-state index contributed by atoms with van der Waals surface area (Å²) >= 11 is 0. The van der Waals surface area contributed by atoms with E-state index >= 15 is 0 Å². The van der Waals surface area contributed by atoms with Crippen molar-refractivity contribution in [2.24, 2.45) is 0 Å². The molecule has 47 heavy (non-hydrogen) atoms. The van der Waals surface area contributed by atoms with Crippen LogP contribution in [0.15, 0.2) is 140 Å². The van der Waals surface area contributed by atoms with Crippen molar-refractivity contribution in [3.63, 3.8) is 0 Å². The van der Waals surface area contributed by atoms with Gasteiger partial charge in [-0.15, -0.1) is 5.30 Å². The minimum atomic E-state index is -4.50. The van der Waals surface area contributed by atoms with Crippen LogP contribution in [-0.2, 0) is 12.4 Å². The van der Waals surface area contributed by atoms with E-state index in [1.165, 1.54) is 34.9 Å². The molecule has 9 heteroatoms. The van der Waals surface area contributed by atoms with Crippen molar-refractivity contribution in [3.8, 4) is 0 Å². The van der Waals surface area contributed by atoms with Crippen LogP contribution in [0, 0.1) is 0 Å². The molecule has 0 amide bonds. The zero-order chi connectivity index (χ0) is 33.3. The van der Waals surface area contributed by atoms with Crippen LogP contribution < -0.4 is 26.5 Å². The lowest BCUT2D eigenvalue weighted by molar-refractivity contribution is -0.138. The van der Waals surface area contributed by atoms with Gasteiger partial charge in [0, 0.05) is 8.07 Å². The number of hydrogen-bond acceptors (Lipinski definition) is 1. The molecule has 6 aromatic rings. The van der Waals surface area contributed by atoms with E-state index < -0.39 is 39.5 Å². The van der Waals surface area contributed by atoms with Gasteiger partial charge in [0.25, 0.3) is 0 Å². The Labute approximate surface area is 272 Å². The van der Waals surface area contributed by atoms with E-state index in [1.807, 2.05) is 50.4 Å². The van der Waals surface area contributed by atoms with Crippen molar-refractivity contribution in [2.45, 2.75) is 25.3 Å². The Morgan fingerprint density at radius 2 is 1.13 bits per heavy atom. The maximum absolute atomic E-state index is 13.5. The number of alkyl halides is 6. The molecule has 0 heterocycles. The minimum Gasteiger partial charge on any atom is -0.283 e. The van der Waals surface area contributed by atoms with E-state index in [-0.39, 0.29) is 6.04 Å². The van der Waals surface area contributed by atoms with E-state index in [0.29, 0.717) is 10.6 Å². The average molecular weight is 677 g/mol. The second-order valence-corrected chi connectivity index (χ2v) is 15.6. The summed E-state index contributed by atoms with van der Waals surface area (Å²) in [6, 6.07) is 40.9. The first-order valence-electron chi connectivity index (χ1n) is 14.9. The highest BCUT2D eigenvalue weighted by atomic mass is 31.1. The van der Waals surface area contributed by atoms with Crippen LogP contribution in [0.25, 0.3) is 10.8 Å². The summed E-state index contributed by atoms with van der Waals surface area (Å²) in [6.07, 6.45) is -9.01. The summed E-state index contributed by atoms with van der Waals surface area (Å²) in [5.74, 6) is 0. The Balaban J connectivity index is 1.45. The maximum atomic E-state index is 13.5. The van der Waals surface area contributed by atoms with E-state index in [4.69, 9.17) is 0 Å². The van der Waals surface area contributed by atoms with Crippen LogP contribution >= 0.6 is 16.0 Å². The van der Waals surface area contributed by atoms with Crippen molar-refractivity contribution in [3.05, 3.63) is 156 Å². The molecule has 0 unspecified atom stereocenters. The Bertz CT molecular complexity index is 1890. The van der Waals surface area contributed by atoms with Crippen LogP contribution in [0.1, 0.15) is 29.7 Å². The lowest BCUT2D eigenvalue weighted by atomic mass is 10.1. The van der Waals surface area contributed by atoms with Crippen molar-refractivity contribution < 1.29 is 26.3 Å². The second kappa shape index (κ2) is 13.3. The summed E-state index contributed by atoms with van der Waals surface area (Å²) < 4.78 is 82.8. The van der Waals surface area contributed by atoms with E-state index in [2.05, 4.69) is 59.3 Å². The highest BCUT2D eigenvalue weighted by molar-refractivity contribution is 7.80. The summed E-state index contributed by atoms with van der Waals surface area (Å²) in [5, 5.41) is 7.05. The quantitative estimate of drug-likeness (QED) is 0.0883. The number of benzene rings is 5. The third-order valence-corrected chi connectivity index (χ3v) is 13.4. The number of hydrogen-bond donors (Lipinski definition) is 0. The van der Waals surface area contributed by atoms with Gasteiger partial charge in [-0.1, -0.05) is 104 Å². The molecule has 0 radical (unpaired) electrons. The van der Waals surface area contributed by atoms with Gasteiger partial charge in [0.15, 0.2) is 0 Å². The van der Waals surface area contributed by atoms with Gasteiger partial charge in [0.05, 0.1) is 11.1 Å². The molecule has 0 aliphatic rings. The molecule has 6 aromatic carbocycles. The zero-order valence-corrected chi connectivity index (χ0v) is 27.3. The molecule has 1 nitrogen and oxygen atoms in total. The normalized spacial score (nSPS) is 13.7. The molecule has 240 valence electrons. The molecule has 0 fully saturated rings. The summed E-state index contributed by atoms with van der Waals surface area (Å²) in [4.78, 5) is 0. The molecule has 0 spiro atoms. The highest BCUT2D eigenvalue weighted by Crippen LogP contribution is 2.46. The fourth-order valence-corrected chi connectivity index (χ4v) is 10.9. The standard InChI is InChI=1S/C38H30F6NP2/c1-26(45(2)47(31-22-18-28(19-23-31)37(39,40)41)32-24-20-29(21-25-32)38(42,43)44)33-15-9-17-35(33)46(30-12-4-3-5-13-30)36-16-8-11-27-10-6-7-14-34(27)36/h3-26H,1-2H3/q-1/t26-,46-/m0/s1. The Morgan fingerprint density at radius 1 is 0.596 bits per heavy atom. The van der Waals surface area contributed by atoms with Crippen LogP contribution in [0.4, 0.5) is 26.3 Å². The predicted molar refractivity (Wildman–Crippen MR) is 184 cm³/mol. The average Bonchev–Trinajstić information content (AvgIpc) is 3.54. The first-order valence-corrected chi connectivity index (χ1v) is 17.5. The third-order valence-electron chi connectivity index (χ3n) is 8.29. The van der Waals surface area contributed by atoms with Crippen LogP contribution in [0.5, 0.6) is 0 Å². The van der Waals surface area contributed by atoms with Gasteiger partial charge in [-0.25, -0.2) is 6.07 Å². The lowest BCUT2D eigenvalue weighted by Crippen LogP contribution is -2.31. The SMILES string of the molecule is C[C@@H](c1cc[cH-]c1[P@](c1ccccc1)c1cccc2ccccc12)N(C)P(c1ccc(C(F)(F)F)cc1)c1ccc(C(F)(F)F)cc1. The van der Waals surface area contributed by atoms with Gasteiger partial charge in [0.1, 0.15) is 0 Å².